The molecule has 23 heavy (non-hydrogen) atoms. The maximum Gasteiger partial charge on any atom is 0.231 e. The van der Waals surface area contributed by atoms with Crippen molar-refractivity contribution in [2.24, 2.45) is 5.92 Å². The average Bonchev–Trinajstić information content (AvgIpc) is 3.02. The number of pyridine rings is 1. The Labute approximate surface area is 134 Å². The molecule has 1 atom stereocenters. The zero-order valence-corrected chi connectivity index (χ0v) is 13.8. The molecule has 0 unspecified atom stereocenters. The molecule has 6 nitrogen and oxygen atoms in total. The number of methoxy groups -OCH3 is 2. The first-order chi connectivity index (χ1) is 11.1. The highest BCUT2D eigenvalue weighted by Crippen LogP contribution is 2.44. The summed E-state index contributed by atoms with van der Waals surface area (Å²) in [6.07, 6.45) is -0.104. The standard InChI is InChI=1S/C17H21NO5/c1-9(2)12(19)7-11-15(20-3)10-5-6-13-16(23-8-22-13)14(10)18-17(11)21-4/h5-6,9,12,19H,7-8H2,1-4H3/t12-/m1/s1. The number of ether oxygens (including phenoxy) is 4. The Hall–Kier alpha value is -2.21. The van der Waals surface area contributed by atoms with E-state index in [1.165, 1.54) is 0 Å². The Morgan fingerprint density at radius 2 is 2.00 bits per heavy atom. The van der Waals surface area contributed by atoms with E-state index in [4.69, 9.17) is 18.9 Å². The Kier molecular flexibility index (Phi) is 4.17. The lowest BCUT2D eigenvalue weighted by molar-refractivity contribution is 0.124. The van der Waals surface area contributed by atoms with Crippen molar-refractivity contribution in [2.45, 2.75) is 26.4 Å². The molecule has 1 aliphatic heterocycles. The molecule has 0 fully saturated rings. The fourth-order valence-corrected chi connectivity index (χ4v) is 2.71. The molecule has 0 radical (unpaired) electrons. The minimum Gasteiger partial charge on any atom is -0.496 e. The van der Waals surface area contributed by atoms with Crippen molar-refractivity contribution >= 4 is 10.9 Å². The van der Waals surface area contributed by atoms with E-state index in [-0.39, 0.29) is 12.7 Å². The second kappa shape index (κ2) is 6.12. The lowest BCUT2D eigenvalue weighted by atomic mass is 9.98. The number of aliphatic hydroxyl groups excluding tert-OH is 1. The van der Waals surface area contributed by atoms with E-state index in [1.807, 2.05) is 26.0 Å². The molecule has 2 aromatic rings. The van der Waals surface area contributed by atoms with E-state index < -0.39 is 6.10 Å². The van der Waals surface area contributed by atoms with E-state index >= 15 is 0 Å². The van der Waals surface area contributed by atoms with Crippen molar-refractivity contribution in [3.63, 3.8) is 0 Å². The zero-order valence-electron chi connectivity index (χ0n) is 13.8. The molecule has 6 heteroatoms. The summed E-state index contributed by atoms with van der Waals surface area (Å²) in [5, 5.41) is 11.1. The van der Waals surface area contributed by atoms with E-state index in [0.29, 0.717) is 35.1 Å². The fraction of sp³-hybridized carbons (Fsp3) is 0.471. The summed E-state index contributed by atoms with van der Waals surface area (Å²) < 4.78 is 22.0. The first-order valence-electron chi connectivity index (χ1n) is 7.58. The molecule has 0 saturated heterocycles. The maximum absolute atomic E-state index is 10.3. The van der Waals surface area contributed by atoms with Crippen molar-refractivity contribution in [1.29, 1.82) is 0 Å². The predicted molar refractivity (Wildman–Crippen MR) is 85.5 cm³/mol. The second-order valence-corrected chi connectivity index (χ2v) is 5.84. The summed E-state index contributed by atoms with van der Waals surface area (Å²) in [5.74, 6) is 2.44. The Bertz CT molecular complexity index is 729. The van der Waals surface area contributed by atoms with Gasteiger partial charge in [0.05, 0.1) is 25.9 Å². The van der Waals surface area contributed by atoms with Crippen LogP contribution in [0.15, 0.2) is 12.1 Å². The van der Waals surface area contributed by atoms with Gasteiger partial charge in [0.15, 0.2) is 11.5 Å². The number of aliphatic hydroxyl groups is 1. The number of rotatable bonds is 5. The molecule has 0 saturated carbocycles. The van der Waals surface area contributed by atoms with Gasteiger partial charge in [-0.1, -0.05) is 13.8 Å². The van der Waals surface area contributed by atoms with Gasteiger partial charge in [-0.2, -0.15) is 0 Å². The topological polar surface area (TPSA) is 70.0 Å². The van der Waals surface area contributed by atoms with Crippen molar-refractivity contribution in [1.82, 2.24) is 4.98 Å². The van der Waals surface area contributed by atoms with Gasteiger partial charge in [-0.3, -0.25) is 0 Å². The fourth-order valence-electron chi connectivity index (χ4n) is 2.71. The predicted octanol–water partition coefficient (Wildman–Crippen LogP) is 2.54. The van der Waals surface area contributed by atoms with Crippen LogP contribution in [0.5, 0.6) is 23.1 Å². The lowest BCUT2D eigenvalue weighted by Gasteiger charge is -2.19. The van der Waals surface area contributed by atoms with Crippen LogP contribution >= 0.6 is 0 Å². The molecular weight excluding hydrogens is 298 g/mol. The maximum atomic E-state index is 10.3. The van der Waals surface area contributed by atoms with Crippen LogP contribution < -0.4 is 18.9 Å². The molecule has 0 amide bonds. The highest BCUT2D eigenvalue weighted by molar-refractivity contribution is 5.94. The van der Waals surface area contributed by atoms with Gasteiger partial charge in [-0.25, -0.2) is 4.98 Å². The summed E-state index contributed by atoms with van der Waals surface area (Å²) in [4.78, 5) is 4.57. The molecule has 1 aliphatic rings. The van der Waals surface area contributed by atoms with Gasteiger partial charge < -0.3 is 24.1 Å². The Balaban J connectivity index is 2.21. The third-order valence-electron chi connectivity index (χ3n) is 4.08. The minimum atomic E-state index is -0.508. The van der Waals surface area contributed by atoms with Crippen LogP contribution in [-0.2, 0) is 6.42 Å². The van der Waals surface area contributed by atoms with E-state index in [0.717, 1.165) is 10.9 Å². The number of nitrogens with zero attached hydrogens (tertiary/aromatic N) is 1. The first kappa shape index (κ1) is 15.7. The molecule has 0 bridgehead atoms. The Morgan fingerprint density at radius 3 is 2.65 bits per heavy atom. The van der Waals surface area contributed by atoms with Gasteiger partial charge in [0.2, 0.25) is 12.7 Å². The van der Waals surface area contributed by atoms with Crippen LogP contribution in [0.3, 0.4) is 0 Å². The van der Waals surface area contributed by atoms with Crippen molar-refractivity contribution < 1.29 is 24.1 Å². The van der Waals surface area contributed by atoms with E-state index in [9.17, 15) is 5.11 Å². The third-order valence-corrected chi connectivity index (χ3v) is 4.08. The third kappa shape index (κ3) is 2.63. The van der Waals surface area contributed by atoms with Gasteiger partial charge in [0.1, 0.15) is 11.3 Å². The molecule has 3 rings (SSSR count). The SMILES string of the molecule is COc1nc2c3c(ccc2c(OC)c1C[C@@H](O)C(C)C)OCO3. The highest BCUT2D eigenvalue weighted by atomic mass is 16.7. The van der Waals surface area contributed by atoms with Gasteiger partial charge in [-0.05, 0) is 18.1 Å². The van der Waals surface area contributed by atoms with Crippen molar-refractivity contribution in [2.75, 3.05) is 21.0 Å². The molecule has 2 heterocycles. The summed E-state index contributed by atoms with van der Waals surface area (Å²) in [6.45, 7) is 4.11. The second-order valence-electron chi connectivity index (χ2n) is 5.84. The zero-order chi connectivity index (χ0) is 16.6. The van der Waals surface area contributed by atoms with E-state index in [1.54, 1.807) is 14.2 Å². The van der Waals surface area contributed by atoms with Crippen LogP contribution in [0.2, 0.25) is 0 Å². The summed E-state index contributed by atoms with van der Waals surface area (Å²) in [7, 11) is 3.16. The highest BCUT2D eigenvalue weighted by Gasteiger charge is 2.25. The monoisotopic (exact) mass is 319 g/mol. The Morgan fingerprint density at radius 1 is 1.22 bits per heavy atom. The van der Waals surface area contributed by atoms with Crippen LogP contribution in [0.4, 0.5) is 0 Å². The number of fused-ring (bicyclic) bond motifs is 3. The lowest BCUT2D eigenvalue weighted by Crippen LogP contribution is -2.19. The molecule has 1 aromatic heterocycles. The number of aromatic nitrogens is 1. The summed E-state index contributed by atoms with van der Waals surface area (Å²) in [6, 6.07) is 3.73. The number of benzene rings is 1. The smallest absolute Gasteiger partial charge is 0.231 e. The number of hydrogen-bond donors (Lipinski definition) is 1. The van der Waals surface area contributed by atoms with Gasteiger partial charge >= 0.3 is 0 Å². The van der Waals surface area contributed by atoms with Crippen molar-refractivity contribution in [3.8, 4) is 23.1 Å². The average molecular weight is 319 g/mol. The molecule has 124 valence electrons. The van der Waals surface area contributed by atoms with Crippen LogP contribution in [0.25, 0.3) is 10.9 Å². The van der Waals surface area contributed by atoms with Gasteiger partial charge in [0.25, 0.3) is 0 Å². The first-order valence-corrected chi connectivity index (χ1v) is 7.58. The number of hydrogen-bond acceptors (Lipinski definition) is 6. The molecule has 1 N–H and O–H groups in total. The van der Waals surface area contributed by atoms with Gasteiger partial charge in [0, 0.05) is 11.8 Å². The molecule has 0 spiro atoms. The van der Waals surface area contributed by atoms with Crippen LogP contribution in [-0.4, -0.2) is 37.2 Å². The van der Waals surface area contributed by atoms with E-state index in [2.05, 4.69) is 4.98 Å². The van der Waals surface area contributed by atoms with Crippen LogP contribution in [0.1, 0.15) is 19.4 Å². The molecular formula is C17H21NO5. The molecule has 0 aliphatic carbocycles. The van der Waals surface area contributed by atoms with Crippen molar-refractivity contribution in [3.05, 3.63) is 17.7 Å². The molecule has 1 aromatic carbocycles. The minimum absolute atomic E-state index is 0.122. The largest absolute Gasteiger partial charge is 0.496 e. The van der Waals surface area contributed by atoms with Crippen LogP contribution in [0, 0.1) is 5.92 Å². The van der Waals surface area contributed by atoms with Gasteiger partial charge in [-0.15, -0.1) is 0 Å². The normalized spacial score (nSPS) is 14.3. The summed E-state index contributed by atoms with van der Waals surface area (Å²) >= 11 is 0. The quantitative estimate of drug-likeness (QED) is 0.913. The summed E-state index contributed by atoms with van der Waals surface area (Å²) in [5.41, 5.74) is 1.39.